The number of rotatable bonds is 11. The summed E-state index contributed by atoms with van der Waals surface area (Å²) >= 11 is 0. The van der Waals surface area contributed by atoms with Gasteiger partial charge in [0.05, 0.1) is 6.04 Å². The molecule has 0 aliphatic carbocycles. The molecule has 1 heterocycles. The van der Waals surface area contributed by atoms with Gasteiger partial charge in [-0.3, -0.25) is 14.4 Å². The number of carbonyl (C=O) groups excluding carboxylic acids is 4. The molecule has 0 aromatic rings. The smallest absolute Gasteiger partial charge is 0.313 e. The minimum Gasteiger partial charge on any atom is -0.461 e. The number of hydrogen-bond acceptors (Lipinski definition) is 5. The number of cyclic esters (lactones) is 1. The van der Waals surface area contributed by atoms with E-state index in [-0.39, 0.29) is 41.9 Å². The van der Waals surface area contributed by atoms with Crippen molar-refractivity contribution in [3.63, 3.8) is 0 Å². The van der Waals surface area contributed by atoms with Crippen LogP contribution in [0.5, 0.6) is 0 Å². The summed E-state index contributed by atoms with van der Waals surface area (Å²) in [5.74, 6) is -0.812. The molecule has 0 bridgehead atoms. The number of ketones is 2. The summed E-state index contributed by atoms with van der Waals surface area (Å²) in [5, 5.41) is 2.68. The van der Waals surface area contributed by atoms with E-state index in [4.69, 9.17) is 4.74 Å². The molecule has 0 unspecified atom stereocenters. The van der Waals surface area contributed by atoms with E-state index in [2.05, 4.69) is 5.32 Å². The van der Waals surface area contributed by atoms with Crippen LogP contribution in [0.25, 0.3) is 0 Å². The molecular formula is C17H27NO5. The van der Waals surface area contributed by atoms with Crippen LogP contribution in [0.4, 0.5) is 0 Å². The normalized spacial score (nSPS) is 21.1. The fourth-order valence-electron chi connectivity index (χ4n) is 2.52. The molecule has 0 aromatic carbocycles. The van der Waals surface area contributed by atoms with Gasteiger partial charge in [0.1, 0.15) is 17.8 Å². The highest BCUT2D eigenvalue weighted by Gasteiger charge is 2.41. The highest BCUT2D eigenvalue weighted by atomic mass is 16.6. The van der Waals surface area contributed by atoms with Crippen LogP contribution in [0.15, 0.2) is 0 Å². The van der Waals surface area contributed by atoms with Crippen molar-refractivity contribution in [3.8, 4) is 0 Å². The molecule has 130 valence electrons. The van der Waals surface area contributed by atoms with Crippen molar-refractivity contribution in [2.24, 2.45) is 5.92 Å². The first-order valence-corrected chi connectivity index (χ1v) is 8.33. The van der Waals surface area contributed by atoms with Gasteiger partial charge in [-0.05, 0) is 33.6 Å². The van der Waals surface area contributed by atoms with E-state index < -0.39 is 6.04 Å². The Kier molecular flexibility index (Phi) is 7.92. The molecule has 1 N–H and O–H groups in total. The number of Topliss-reactive ketones (excluding diaryl/α,β-unsaturated/α-hetero) is 2. The van der Waals surface area contributed by atoms with E-state index in [9.17, 15) is 19.2 Å². The lowest BCUT2D eigenvalue weighted by molar-refractivity contribution is -0.183. The van der Waals surface area contributed by atoms with Crippen LogP contribution in [-0.4, -0.2) is 35.6 Å². The summed E-state index contributed by atoms with van der Waals surface area (Å²) in [6.45, 7) is 4.98. The SMILES string of the molecule is CC(=O)CCCCCCC(=O)N[C@@H](C)C(=O)C[C@@H]1C(=O)O[C@@H]1C. The van der Waals surface area contributed by atoms with Gasteiger partial charge in [0.25, 0.3) is 0 Å². The van der Waals surface area contributed by atoms with Gasteiger partial charge in [0.2, 0.25) is 5.91 Å². The Hall–Kier alpha value is -1.72. The first kappa shape index (κ1) is 19.3. The molecule has 1 aliphatic rings. The largest absolute Gasteiger partial charge is 0.461 e. The number of esters is 1. The maximum Gasteiger partial charge on any atom is 0.313 e. The molecule has 0 saturated carbocycles. The number of carbonyl (C=O) groups is 4. The van der Waals surface area contributed by atoms with Crippen molar-refractivity contribution in [2.75, 3.05) is 0 Å². The van der Waals surface area contributed by atoms with Crippen molar-refractivity contribution in [3.05, 3.63) is 0 Å². The minimum absolute atomic E-state index is 0.118. The fourth-order valence-corrected chi connectivity index (χ4v) is 2.52. The van der Waals surface area contributed by atoms with Crippen LogP contribution in [0.3, 0.4) is 0 Å². The predicted molar refractivity (Wildman–Crippen MR) is 84.7 cm³/mol. The van der Waals surface area contributed by atoms with Gasteiger partial charge in [-0.2, -0.15) is 0 Å². The number of amides is 1. The Morgan fingerprint density at radius 2 is 1.74 bits per heavy atom. The van der Waals surface area contributed by atoms with Crippen LogP contribution in [-0.2, 0) is 23.9 Å². The van der Waals surface area contributed by atoms with E-state index in [1.807, 2.05) is 0 Å². The molecule has 1 saturated heterocycles. The second-order valence-corrected chi connectivity index (χ2v) is 6.32. The Balaban J connectivity index is 2.14. The van der Waals surface area contributed by atoms with Crippen LogP contribution < -0.4 is 5.32 Å². The Morgan fingerprint density at radius 3 is 2.26 bits per heavy atom. The lowest BCUT2D eigenvalue weighted by atomic mass is 9.90. The van der Waals surface area contributed by atoms with Crippen molar-refractivity contribution in [1.82, 2.24) is 5.32 Å². The zero-order chi connectivity index (χ0) is 17.4. The van der Waals surface area contributed by atoms with E-state index in [1.165, 1.54) is 0 Å². The van der Waals surface area contributed by atoms with Gasteiger partial charge >= 0.3 is 5.97 Å². The standard InChI is InChI=1S/C17H27NO5/c1-11(19)8-6-4-5-7-9-16(21)18-12(2)15(20)10-14-13(3)23-17(14)22/h12-14H,4-10H2,1-3H3,(H,18,21)/t12-,13+,14-/m0/s1. The third-order valence-corrected chi connectivity index (χ3v) is 4.14. The van der Waals surface area contributed by atoms with Crippen LogP contribution >= 0.6 is 0 Å². The summed E-state index contributed by atoms with van der Waals surface area (Å²) in [6.07, 6.45) is 4.31. The van der Waals surface area contributed by atoms with Crippen molar-refractivity contribution in [1.29, 1.82) is 0 Å². The second kappa shape index (κ2) is 9.43. The zero-order valence-corrected chi connectivity index (χ0v) is 14.2. The van der Waals surface area contributed by atoms with Gasteiger partial charge in [0, 0.05) is 19.3 Å². The predicted octanol–water partition coefficient (Wildman–Crippen LogP) is 1.94. The van der Waals surface area contributed by atoms with Crippen molar-refractivity contribution < 1.29 is 23.9 Å². The first-order chi connectivity index (χ1) is 10.8. The van der Waals surface area contributed by atoms with E-state index >= 15 is 0 Å². The Labute approximate surface area is 137 Å². The number of nitrogens with one attached hydrogen (secondary N) is 1. The molecule has 1 aliphatic heterocycles. The monoisotopic (exact) mass is 325 g/mol. The van der Waals surface area contributed by atoms with Crippen molar-refractivity contribution >= 4 is 23.4 Å². The quantitative estimate of drug-likeness (QED) is 0.463. The first-order valence-electron chi connectivity index (χ1n) is 8.33. The van der Waals surface area contributed by atoms with Crippen LogP contribution in [0.2, 0.25) is 0 Å². The van der Waals surface area contributed by atoms with E-state index in [0.29, 0.717) is 12.8 Å². The average molecular weight is 325 g/mol. The van der Waals surface area contributed by atoms with Crippen molar-refractivity contribution in [2.45, 2.75) is 77.9 Å². The van der Waals surface area contributed by atoms with Crippen LogP contribution in [0, 0.1) is 5.92 Å². The van der Waals surface area contributed by atoms with Gasteiger partial charge in [-0.25, -0.2) is 0 Å². The zero-order valence-electron chi connectivity index (χ0n) is 14.2. The van der Waals surface area contributed by atoms with Gasteiger partial charge in [-0.1, -0.05) is 12.8 Å². The van der Waals surface area contributed by atoms with E-state index in [1.54, 1.807) is 20.8 Å². The Morgan fingerprint density at radius 1 is 1.13 bits per heavy atom. The molecule has 6 heteroatoms. The molecule has 1 fully saturated rings. The molecule has 3 atom stereocenters. The molecule has 6 nitrogen and oxygen atoms in total. The fraction of sp³-hybridized carbons (Fsp3) is 0.765. The molecule has 1 amide bonds. The number of unbranched alkanes of at least 4 members (excludes halogenated alkanes) is 3. The molecule has 23 heavy (non-hydrogen) atoms. The highest BCUT2D eigenvalue weighted by Crippen LogP contribution is 2.25. The second-order valence-electron chi connectivity index (χ2n) is 6.32. The number of ether oxygens (including phenoxy) is 1. The topological polar surface area (TPSA) is 89.5 Å². The number of hydrogen-bond donors (Lipinski definition) is 1. The molecule has 0 spiro atoms. The van der Waals surface area contributed by atoms with Gasteiger partial charge in [0.15, 0.2) is 5.78 Å². The summed E-state index contributed by atoms with van der Waals surface area (Å²) in [6, 6.07) is -0.583. The van der Waals surface area contributed by atoms with Crippen LogP contribution in [0.1, 0.15) is 65.7 Å². The maximum absolute atomic E-state index is 12.0. The summed E-state index contributed by atoms with van der Waals surface area (Å²) in [7, 11) is 0. The lowest BCUT2D eigenvalue weighted by Crippen LogP contribution is -2.47. The average Bonchev–Trinajstić information content (AvgIpc) is 2.47. The Bertz CT molecular complexity index is 460. The highest BCUT2D eigenvalue weighted by molar-refractivity contribution is 5.92. The molecular weight excluding hydrogens is 298 g/mol. The van der Waals surface area contributed by atoms with Gasteiger partial charge in [-0.15, -0.1) is 0 Å². The third-order valence-electron chi connectivity index (χ3n) is 4.14. The summed E-state index contributed by atoms with van der Waals surface area (Å²) < 4.78 is 4.81. The maximum atomic E-state index is 12.0. The van der Waals surface area contributed by atoms with E-state index in [0.717, 1.165) is 25.7 Å². The third kappa shape index (κ3) is 6.93. The summed E-state index contributed by atoms with van der Waals surface area (Å²) in [4.78, 5) is 45.8. The lowest BCUT2D eigenvalue weighted by Gasteiger charge is -2.32. The molecule has 1 rings (SSSR count). The van der Waals surface area contributed by atoms with Gasteiger partial charge < -0.3 is 14.8 Å². The summed E-state index contributed by atoms with van der Waals surface area (Å²) in [5.41, 5.74) is 0. The molecule has 0 aromatic heterocycles. The molecule has 0 radical (unpaired) electrons. The minimum atomic E-state index is -0.583.